The molecule has 1 fully saturated rings. The van der Waals surface area contributed by atoms with Gasteiger partial charge >= 0.3 is 0 Å². The third-order valence-corrected chi connectivity index (χ3v) is 1.84. The Hall–Kier alpha value is -0.530. The van der Waals surface area contributed by atoms with E-state index in [-0.39, 0.29) is 0 Å². The summed E-state index contributed by atoms with van der Waals surface area (Å²) >= 11 is 0. The molecule has 0 aromatic rings. The molecule has 1 rings (SSSR count). The van der Waals surface area contributed by atoms with Crippen LogP contribution in [-0.2, 0) is 4.79 Å². The SMILES string of the molecule is [CH2]CCN1CC(C)CC1=O. The lowest BCUT2D eigenvalue weighted by atomic mass is 10.2. The van der Waals surface area contributed by atoms with Crippen molar-refractivity contribution in [3.05, 3.63) is 6.92 Å². The molecule has 2 nitrogen and oxygen atoms in total. The average molecular weight is 140 g/mol. The number of nitrogens with zero attached hydrogens (tertiary/aromatic N) is 1. The molecular formula is C8H14NO. The van der Waals surface area contributed by atoms with Crippen LogP contribution < -0.4 is 0 Å². The normalized spacial score (nSPS) is 26.0. The lowest BCUT2D eigenvalue weighted by Crippen LogP contribution is -2.25. The van der Waals surface area contributed by atoms with Crippen molar-refractivity contribution in [1.82, 2.24) is 4.90 Å². The van der Waals surface area contributed by atoms with Gasteiger partial charge in [0.15, 0.2) is 0 Å². The fraction of sp³-hybridized carbons (Fsp3) is 0.750. The van der Waals surface area contributed by atoms with Gasteiger partial charge in [-0.15, -0.1) is 0 Å². The molecule has 1 radical (unpaired) electrons. The summed E-state index contributed by atoms with van der Waals surface area (Å²) in [5.41, 5.74) is 0. The number of carbonyl (C=O) groups excluding carboxylic acids is 1. The molecule has 10 heavy (non-hydrogen) atoms. The van der Waals surface area contributed by atoms with Crippen LogP contribution in [0.3, 0.4) is 0 Å². The first kappa shape index (κ1) is 7.58. The van der Waals surface area contributed by atoms with E-state index in [1.165, 1.54) is 0 Å². The van der Waals surface area contributed by atoms with Crippen molar-refractivity contribution >= 4 is 5.91 Å². The van der Waals surface area contributed by atoms with Crippen LogP contribution in [-0.4, -0.2) is 23.9 Å². The molecule has 0 aromatic heterocycles. The molecule has 1 aliphatic heterocycles. The summed E-state index contributed by atoms with van der Waals surface area (Å²) in [4.78, 5) is 13.0. The van der Waals surface area contributed by atoms with E-state index in [1.807, 2.05) is 4.90 Å². The Morgan fingerprint density at radius 3 is 2.90 bits per heavy atom. The van der Waals surface area contributed by atoms with E-state index in [0.29, 0.717) is 11.8 Å². The predicted molar refractivity (Wildman–Crippen MR) is 40.3 cm³/mol. The second-order valence-corrected chi connectivity index (χ2v) is 3.00. The highest BCUT2D eigenvalue weighted by Crippen LogP contribution is 2.16. The molecule has 0 bridgehead atoms. The number of likely N-dealkylation sites (tertiary alicyclic amines) is 1. The van der Waals surface area contributed by atoms with Crippen molar-refractivity contribution in [2.24, 2.45) is 5.92 Å². The molecule has 1 aliphatic rings. The van der Waals surface area contributed by atoms with Gasteiger partial charge in [-0.2, -0.15) is 0 Å². The first-order chi connectivity index (χ1) is 4.74. The first-order valence-corrected chi connectivity index (χ1v) is 3.81. The van der Waals surface area contributed by atoms with Crippen molar-refractivity contribution < 1.29 is 4.79 Å². The Morgan fingerprint density at radius 2 is 2.50 bits per heavy atom. The van der Waals surface area contributed by atoms with Gasteiger partial charge in [0.1, 0.15) is 0 Å². The van der Waals surface area contributed by atoms with Gasteiger partial charge in [0.2, 0.25) is 5.91 Å². The zero-order valence-electron chi connectivity index (χ0n) is 6.47. The second kappa shape index (κ2) is 3.04. The molecule has 0 N–H and O–H groups in total. The van der Waals surface area contributed by atoms with Crippen LogP contribution in [0.5, 0.6) is 0 Å². The number of amides is 1. The number of carbonyl (C=O) groups is 1. The monoisotopic (exact) mass is 140 g/mol. The highest BCUT2D eigenvalue weighted by molar-refractivity contribution is 5.78. The largest absolute Gasteiger partial charge is 0.342 e. The maximum atomic E-state index is 11.1. The molecule has 1 heterocycles. The van der Waals surface area contributed by atoms with Crippen molar-refractivity contribution in [2.45, 2.75) is 19.8 Å². The minimum Gasteiger partial charge on any atom is -0.342 e. The summed E-state index contributed by atoms with van der Waals surface area (Å²) in [7, 11) is 0. The molecule has 1 saturated heterocycles. The smallest absolute Gasteiger partial charge is 0.222 e. The van der Waals surface area contributed by atoms with Gasteiger partial charge in [0.05, 0.1) is 0 Å². The van der Waals surface area contributed by atoms with Crippen LogP contribution in [0.2, 0.25) is 0 Å². The summed E-state index contributed by atoms with van der Waals surface area (Å²) in [6, 6.07) is 0. The Balaban J connectivity index is 2.39. The maximum Gasteiger partial charge on any atom is 0.222 e. The van der Waals surface area contributed by atoms with Crippen LogP contribution in [0.25, 0.3) is 0 Å². The zero-order valence-corrected chi connectivity index (χ0v) is 6.47. The van der Waals surface area contributed by atoms with Crippen LogP contribution in [0.15, 0.2) is 0 Å². The van der Waals surface area contributed by atoms with Gasteiger partial charge < -0.3 is 4.90 Å². The Kier molecular flexibility index (Phi) is 2.30. The first-order valence-electron chi connectivity index (χ1n) is 3.81. The molecule has 2 heteroatoms. The topological polar surface area (TPSA) is 20.3 Å². The Labute approximate surface area is 62.2 Å². The lowest BCUT2D eigenvalue weighted by molar-refractivity contribution is -0.127. The van der Waals surface area contributed by atoms with Crippen molar-refractivity contribution in [1.29, 1.82) is 0 Å². The highest BCUT2D eigenvalue weighted by Gasteiger charge is 2.24. The Morgan fingerprint density at radius 1 is 1.80 bits per heavy atom. The van der Waals surface area contributed by atoms with E-state index >= 15 is 0 Å². The number of rotatable bonds is 2. The fourth-order valence-electron chi connectivity index (χ4n) is 1.38. The molecular weight excluding hydrogens is 126 g/mol. The third kappa shape index (κ3) is 1.49. The fourth-order valence-corrected chi connectivity index (χ4v) is 1.38. The van der Waals surface area contributed by atoms with E-state index in [4.69, 9.17) is 0 Å². The molecule has 57 valence electrons. The minimum absolute atomic E-state index is 0.302. The standard InChI is InChI=1S/C8H14NO/c1-3-4-9-6-7(2)5-8(9)10/h7H,1,3-6H2,2H3. The zero-order chi connectivity index (χ0) is 7.56. The van der Waals surface area contributed by atoms with E-state index in [9.17, 15) is 4.79 Å². The van der Waals surface area contributed by atoms with E-state index in [2.05, 4.69) is 13.8 Å². The molecule has 0 aliphatic carbocycles. The summed E-state index contributed by atoms with van der Waals surface area (Å²) in [5, 5.41) is 0. The molecule has 1 atom stereocenters. The van der Waals surface area contributed by atoms with Crippen molar-refractivity contribution in [3.8, 4) is 0 Å². The summed E-state index contributed by atoms with van der Waals surface area (Å²) in [5.74, 6) is 0.857. The quantitative estimate of drug-likeness (QED) is 0.562. The van der Waals surface area contributed by atoms with Gasteiger partial charge in [0, 0.05) is 19.5 Å². The van der Waals surface area contributed by atoms with Gasteiger partial charge in [-0.25, -0.2) is 0 Å². The summed E-state index contributed by atoms with van der Waals surface area (Å²) in [6.45, 7) is 7.60. The second-order valence-electron chi connectivity index (χ2n) is 3.00. The maximum absolute atomic E-state index is 11.1. The molecule has 1 unspecified atom stereocenters. The number of hydrogen-bond donors (Lipinski definition) is 0. The van der Waals surface area contributed by atoms with E-state index in [0.717, 1.165) is 25.9 Å². The average Bonchev–Trinajstić information content (AvgIpc) is 2.13. The van der Waals surface area contributed by atoms with Crippen LogP contribution in [0.4, 0.5) is 0 Å². The van der Waals surface area contributed by atoms with Gasteiger partial charge in [-0.1, -0.05) is 13.8 Å². The third-order valence-electron chi connectivity index (χ3n) is 1.84. The molecule has 0 saturated carbocycles. The van der Waals surface area contributed by atoms with Gasteiger partial charge in [-0.05, 0) is 12.3 Å². The Bertz CT molecular complexity index is 133. The van der Waals surface area contributed by atoms with E-state index < -0.39 is 0 Å². The lowest BCUT2D eigenvalue weighted by Gasteiger charge is -2.13. The van der Waals surface area contributed by atoms with Crippen molar-refractivity contribution in [3.63, 3.8) is 0 Å². The highest BCUT2D eigenvalue weighted by atomic mass is 16.2. The molecule has 0 aromatic carbocycles. The van der Waals surface area contributed by atoms with Crippen molar-refractivity contribution in [2.75, 3.05) is 13.1 Å². The van der Waals surface area contributed by atoms with Crippen LogP contribution in [0, 0.1) is 12.8 Å². The van der Waals surface area contributed by atoms with Gasteiger partial charge in [-0.3, -0.25) is 4.79 Å². The summed E-state index contributed by atoms with van der Waals surface area (Å²) in [6.07, 6.45) is 1.57. The summed E-state index contributed by atoms with van der Waals surface area (Å²) < 4.78 is 0. The minimum atomic E-state index is 0.302. The number of hydrogen-bond acceptors (Lipinski definition) is 1. The van der Waals surface area contributed by atoms with Crippen LogP contribution >= 0.6 is 0 Å². The van der Waals surface area contributed by atoms with Crippen LogP contribution in [0.1, 0.15) is 19.8 Å². The van der Waals surface area contributed by atoms with Gasteiger partial charge in [0.25, 0.3) is 0 Å². The van der Waals surface area contributed by atoms with E-state index in [1.54, 1.807) is 0 Å². The molecule has 0 spiro atoms. The molecule has 1 amide bonds. The predicted octanol–water partition coefficient (Wildman–Crippen LogP) is 1.08.